The molecule has 1 aliphatic rings. The minimum atomic E-state index is -3.60. The number of sulfonamides is 1. The molecule has 1 atom stereocenters. The molecule has 0 spiro atoms. The van der Waals surface area contributed by atoms with Crippen molar-refractivity contribution in [3.05, 3.63) is 16.6 Å². The summed E-state index contributed by atoms with van der Waals surface area (Å²) in [5, 5.41) is 3.12. The van der Waals surface area contributed by atoms with Crippen molar-refractivity contribution in [1.82, 2.24) is 10.0 Å². The van der Waals surface area contributed by atoms with E-state index in [1.165, 1.54) is 20.3 Å². The fourth-order valence-corrected chi connectivity index (χ4v) is 4.39. The number of nitrogens with one attached hydrogen (secondary N) is 2. The molecule has 8 heteroatoms. The van der Waals surface area contributed by atoms with Crippen LogP contribution in [0.2, 0.25) is 0 Å². The third kappa shape index (κ3) is 3.25. The predicted octanol–water partition coefficient (Wildman–Crippen LogP) is 1.11. The molecule has 1 fully saturated rings. The summed E-state index contributed by atoms with van der Waals surface area (Å²) >= 11 is 3.27. The SMILES string of the molecule is COc1cc(Br)c(S(=O)(=O)N[C@@H]2CCNC2)cc1OC. The Hall–Kier alpha value is -0.830. The van der Waals surface area contributed by atoms with Crippen molar-refractivity contribution in [3.63, 3.8) is 0 Å². The number of rotatable bonds is 5. The van der Waals surface area contributed by atoms with E-state index in [1.54, 1.807) is 6.07 Å². The van der Waals surface area contributed by atoms with E-state index >= 15 is 0 Å². The van der Waals surface area contributed by atoms with Crippen molar-refractivity contribution in [3.8, 4) is 11.5 Å². The lowest BCUT2D eigenvalue weighted by atomic mass is 10.3. The Morgan fingerprint density at radius 3 is 2.50 bits per heavy atom. The second kappa shape index (κ2) is 6.30. The molecule has 1 heterocycles. The summed E-state index contributed by atoms with van der Waals surface area (Å²) in [5.41, 5.74) is 0. The van der Waals surface area contributed by atoms with Gasteiger partial charge in [0.05, 0.1) is 14.2 Å². The Morgan fingerprint density at radius 2 is 1.95 bits per heavy atom. The zero-order valence-corrected chi connectivity index (χ0v) is 13.7. The Labute approximate surface area is 127 Å². The summed E-state index contributed by atoms with van der Waals surface area (Å²) in [6, 6.07) is 2.95. The first-order valence-corrected chi connectivity index (χ1v) is 8.40. The summed E-state index contributed by atoms with van der Waals surface area (Å²) in [4.78, 5) is 0.141. The number of benzene rings is 1. The van der Waals surface area contributed by atoms with Gasteiger partial charge in [0.15, 0.2) is 11.5 Å². The van der Waals surface area contributed by atoms with Crippen molar-refractivity contribution >= 4 is 26.0 Å². The van der Waals surface area contributed by atoms with Gasteiger partial charge in [-0.3, -0.25) is 0 Å². The summed E-state index contributed by atoms with van der Waals surface area (Å²) < 4.78 is 38.2. The van der Waals surface area contributed by atoms with E-state index in [4.69, 9.17) is 9.47 Å². The molecule has 2 N–H and O–H groups in total. The van der Waals surface area contributed by atoms with Crippen LogP contribution in [0.4, 0.5) is 0 Å². The molecule has 0 saturated carbocycles. The van der Waals surface area contributed by atoms with Gasteiger partial charge in [-0.2, -0.15) is 0 Å². The molecule has 0 unspecified atom stereocenters. The summed E-state index contributed by atoms with van der Waals surface area (Å²) in [6.45, 7) is 1.46. The molecule has 1 aliphatic heterocycles. The Bertz CT molecular complexity index is 585. The fraction of sp³-hybridized carbons (Fsp3) is 0.500. The highest BCUT2D eigenvalue weighted by molar-refractivity contribution is 9.10. The lowest BCUT2D eigenvalue weighted by Crippen LogP contribution is -2.36. The first-order valence-electron chi connectivity index (χ1n) is 6.12. The molecule has 0 radical (unpaired) electrons. The molecule has 0 amide bonds. The van der Waals surface area contributed by atoms with E-state index in [0.29, 0.717) is 22.5 Å². The largest absolute Gasteiger partial charge is 0.493 e. The van der Waals surface area contributed by atoms with E-state index < -0.39 is 10.0 Å². The lowest BCUT2D eigenvalue weighted by Gasteiger charge is -2.15. The highest BCUT2D eigenvalue weighted by Crippen LogP contribution is 2.35. The molecule has 0 bridgehead atoms. The molecule has 1 aromatic carbocycles. The van der Waals surface area contributed by atoms with Gasteiger partial charge in [-0.25, -0.2) is 13.1 Å². The highest BCUT2D eigenvalue weighted by atomic mass is 79.9. The minimum Gasteiger partial charge on any atom is -0.493 e. The maximum atomic E-state index is 12.4. The zero-order chi connectivity index (χ0) is 14.8. The van der Waals surface area contributed by atoms with Crippen LogP contribution in [0.1, 0.15) is 6.42 Å². The number of methoxy groups -OCH3 is 2. The standard InChI is InChI=1S/C12H17BrN2O4S/c1-18-10-5-9(13)12(6-11(10)19-2)20(16,17)15-8-3-4-14-7-8/h5-6,8,14-15H,3-4,7H2,1-2H3/t8-/m1/s1. The van der Waals surface area contributed by atoms with E-state index in [2.05, 4.69) is 26.0 Å². The van der Waals surface area contributed by atoms with Crippen LogP contribution in [0.5, 0.6) is 11.5 Å². The van der Waals surface area contributed by atoms with E-state index in [-0.39, 0.29) is 10.9 Å². The smallest absolute Gasteiger partial charge is 0.242 e. The van der Waals surface area contributed by atoms with Crippen LogP contribution >= 0.6 is 15.9 Å². The van der Waals surface area contributed by atoms with Crippen molar-refractivity contribution in [2.24, 2.45) is 0 Å². The van der Waals surface area contributed by atoms with Crippen LogP contribution in [0, 0.1) is 0 Å². The Morgan fingerprint density at radius 1 is 1.30 bits per heavy atom. The molecule has 1 saturated heterocycles. The second-order valence-electron chi connectivity index (χ2n) is 4.45. The molecule has 112 valence electrons. The van der Waals surface area contributed by atoms with Gasteiger partial charge in [-0.15, -0.1) is 0 Å². The highest BCUT2D eigenvalue weighted by Gasteiger charge is 2.26. The van der Waals surface area contributed by atoms with E-state index in [9.17, 15) is 8.42 Å². The summed E-state index contributed by atoms with van der Waals surface area (Å²) in [5.74, 6) is 0.849. The zero-order valence-electron chi connectivity index (χ0n) is 11.3. The van der Waals surface area contributed by atoms with Crippen molar-refractivity contribution < 1.29 is 17.9 Å². The third-order valence-electron chi connectivity index (χ3n) is 3.11. The van der Waals surface area contributed by atoms with Gasteiger partial charge in [-0.1, -0.05) is 0 Å². The molecule has 0 aromatic heterocycles. The molecule has 2 rings (SSSR count). The van der Waals surface area contributed by atoms with Gasteiger partial charge in [0.25, 0.3) is 0 Å². The minimum absolute atomic E-state index is 0.0833. The quantitative estimate of drug-likeness (QED) is 0.818. The van der Waals surface area contributed by atoms with Gasteiger partial charge < -0.3 is 14.8 Å². The number of ether oxygens (including phenoxy) is 2. The Kier molecular flexibility index (Phi) is 4.90. The molecule has 1 aromatic rings. The van der Waals surface area contributed by atoms with E-state index in [1.807, 2.05) is 0 Å². The van der Waals surface area contributed by atoms with Gasteiger partial charge in [0.1, 0.15) is 4.90 Å². The van der Waals surface area contributed by atoms with Crippen LogP contribution in [0.3, 0.4) is 0 Å². The van der Waals surface area contributed by atoms with Crippen LogP contribution in [0.25, 0.3) is 0 Å². The third-order valence-corrected chi connectivity index (χ3v) is 5.59. The van der Waals surface area contributed by atoms with Crippen molar-refractivity contribution in [2.45, 2.75) is 17.4 Å². The van der Waals surface area contributed by atoms with Crippen molar-refractivity contribution in [2.75, 3.05) is 27.3 Å². The topological polar surface area (TPSA) is 76.7 Å². The molecular formula is C12H17BrN2O4S. The predicted molar refractivity (Wildman–Crippen MR) is 78.8 cm³/mol. The van der Waals surface area contributed by atoms with Crippen LogP contribution in [-0.4, -0.2) is 41.8 Å². The summed E-state index contributed by atoms with van der Waals surface area (Å²) in [6.07, 6.45) is 0.782. The molecular weight excluding hydrogens is 348 g/mol. The van der Waals surface area contributed by atoms with Gasteiger partial charge in [-0.05, 0) is 35.0 Å². The maximum Gasteiger partial charge on any atom is 0.242 e. The first kappa shape index (κ1) is 15.6. The number of hydrogen-bond acceptors (Lipinski definition) is 5. The van der Waals surface area contributed by atoms with Crippen LogP contribution in [-0.2, 0) is 10.0 Å². The van der Waals surface area contributed by atoms with Gasteiger partial charge in [0.2, 0.25) is 10.0 Å². The lowest BCUT2D eigenvalue weighted by molar-refractivity contribution is 0.353. The molecule has 20 heavy (non-hydrogen) atoms. The van der Waals surface area contributed by atoms with Crippen LogP contribution in [0.15, 0.2) is 21.5 Å². The monoisotopic (exact) mass is 364 g/mol. The average molecular weight is 365 g/mol. The van der Waals surface area contributed by atoms with E-state index in [0.717, 1.165) is 13.0 Å². The van der Waals surface area contributed by atoms with Crippen LogP contribution < -0.4 is 19.5 Å². The average Bonchev–Trinajstić information content (AvgIpc) is 2.90. The van der Waals surface area contributed by atoms with Crippen molar-refractivity contribution in [1.29, 1.82) is 0 Å². The number of hydrogen-bond donors (Lipinski definition) is 2. The van der Waals surface area contributed by atoms with Gasteiger partial charge in [0, 0.05) is 23.1 Å². The molecule has 0 aliphatic carbocycles. The molecule has 6 nitrogen and oxygen atoms in total. The Balaban J connectivity index is 2.35. The maximum absolute atomic E-state index is 12.4. The normalized spacial score (nSPS) is 19.1. The number of halogens is 1. The fourth-order valence-electron chi connectivity index (χ4n) is 2.08. The van der Waals surface area contributed by atoms with Gasteiger partial charge >= 0.3 is 0 Å². The second-order valence-corrected chi connectivity index (χ2v) is 6.99. The first-order chi connectivity index (χ1) is 9.47. The summed E-state index contributed by atoms with van der Waals surface area (Å²) in [7, 11) is -0.635.